The molecule has 11 nitrogen and oxygen atoms in total. The van der Waals surface area contributed by atoms with E-state index in [0.29, 0.717) is 24.0 Å². The van der Waals surface area contributed by atoms with Crippen LogP contribution in [-0.2, 0) is 32.6 Å². The second-order valence-corrected chi connectivity index (χ2v) is 12.1. The monoisotopic (exact) mass is 574 g/mol. The Labute approximate surface area is 235 Å². The maximum absolute atomic E-state index is 13.1. The highest BCUT2D eigenvalue weighted by molar-refractivity contribution is 7.89. The lowest BCUT2D eigenvalue weighted by atomic mass is 9.94. The number of carboxylic acids is 1. The highest BCUT2D eigenvalue weighted by Gasteiger charge is 2.36. The van der Waals surface area contributed by atoms with E-state index in [-0.39, 0.29) is 24.5 Å². The Kier molecular flexibility index (Phi) is 9.80. The fourth-order valence-electron chi connectivity index (χ4n) is 4.72. The van der Waals surface area contributed by atoms with Crippen molar-refractivity contribution >= 4 is 28.4 Å². The third-order valence-corrected chi connectivity index (χ3v) is 8.46. The summed E-state index contributed by atoms with van der Waals surface area (Å²) in [6, 6.07) is 8.00. The number of carbonyl (C=O) groups is 2. The molecule has 218 valence electrons. The quantitative estimate of drug-likeness (QED) is 0.151. The minimum atomic E-state index is -3.91. The Morgan fingerprint density at radius 1 is 1.18 bits per heavy atom. The molecule has 1 aliphatic heterocycles. The first kappa shape index (κ1) is 30.9. The average molecular weight is 575 g/mol. The van der Waals surface area contributed by atoms with Crippen molar-refractivity contribution in [3.8, 4) is 5.75 Å². The molecule has 40 heavy (non-hydrogen) atoms. The van der Waals surface area contributed by atoms with Crippen LogP contribution in [-0.4, -0.2) is 62.1 Å². The number of rotatable bonds is 12. The Hall–Kier alpha value is -3.64. The van der Waals surface area contributed by atoms with E-state index in [2.05, 4.69) is 15.2 Å². The van der Waals surface area contributed by atoms with Crippen LogP contribution in [0.15, 0.2) is 40.2 Å². The van der Waals surface area contributed by atoms with Gasteiger partial charge in [-0.2, -0.15) is 0 Å². The zero-order valence-electron chi connectivity index (χ0n) is 23.8. The van der Waals surface area contributed by atoms with Gasteiger partial charge in [0, 0.05) is 25.6 Å². The van der Waals surface area contributed by atoms with Gasteiger partial charge in [-0.1, -0.05) is 30.3 Å². The van der Waals surface area contributed by atoms with Crippen LogP contribution in [0.25, 0.3) is 0 Å². The summed E-state index contributed by atoms with van der Waals surface area (Å²) in [4.78, 5) is 31.8. The molecule has 0 saturated carbocycles. The molecule has 12 heteroatoms. The fourth-order valence-corrected chi connectivity index (χ4v) is 6.11. The Morgan fingerprint density at radius 3 is 2.50 bits per heavy atom. The standard InChI is InChI=1S/C28H38N4O7S/c1-18-19(2)25(20(3)22-15-28(4,5)39-24(18)22)40(36,37)31-30-17-29-14-10-13-23(26(33)34)32(6)27(35)38-16-21-11-8-7-9-12-21/h7-9,11-12,17,23,31H,10,13-16H2,1-6H3,(H,29,30)(H,33,34)/t23-/m0/s1. The minimum Gasteiger partial charge on any atom is -0.487 e. The summed E-state index contributed by atoms with van der Waals surface area (Å²) in [7, 11) is -2.53. The molecule has 1 atom stereocenters. The van der Waals surface area contributed by atoms with Crippen LogP contribution in [0.1, 0.15) is 54.5 Å². The Balaban J connectivity index is 1.51. The van der Waals surface area contributed by atoms with E-state index in [1.807, 2.05) is 39.0 Å². The minimum absolute atomic E-state index is 0.0397. The molecule has 0 aliphatic carbocycles. The highest BCUT2D eigenvalue weighted by Crippen LogP contribution is 2.43. The number of ether oxygens (including phenoxy) is 2. The van der Waals surface area contributed by atoms with Crippen molar-refractivity contribution in [2.45, 2.75) is 77.0 Å². The molecule has 2 aromatic rings. The van der Waals surface area contributed by atoms with E-state index >= 15 is 0 Å². The molecule has 1 amide bonds. The number of carboxylic acid groups (broad SMARTS) is 1. The van der Waals surface area contributed by atoms with Gasteiger partial charge < -0.3 is 14.6 Å². The van der Waals surface area contributed by atoms with E-state index in [9.17, 15) is 23.1 Å². The van der Waals surface area contributed by atoms with Gasteiger partial charge in [0.1, 0.15) is 24.0 Å². The summed E-state index contributed by atoms with van der Waals surface area (Å²) >= 11 is 0. The van der Waals surface area contributed by atoms with Gasteiger partial charge in [-0.05, 0) is 69.7 Å². The van der Waals surface area contributed by atoms with Gasteiger partial charge in [-0.25, -0.2) is 18.0 Å². The molecule has 0 fully saturated rings. The molecule has 0 radical (unpaired) electrons. The first-order chi connectivity index (χ1) is 18.7. The normalized spacial score (nSPS) is 14.8. The van der Waals surface area contributed by atoms with E-state index in [1.54, 1.807) is 26.0 Å². The second kappa shape index (κ2) is 12.7. The van der Waals surface area contributed by atoms with Crippen LogP contribution >= 0.6 is 0 Å². The molecule has 1 heterocycles. The lowest BCUT2D eigenvalue weighted by Gasteiger charge is -2.24. The van der Waals surface area contributed by atoms with E-state index < -0.39 is 33.7 Å². The van der Waals surface area contributed by atoms with Crippen molar-refractivity contribution in [2.24, 2.45) is 4.99 Å². The molecule has 0 saturated heterocycles. The van der Waals surface area contributed by atoms with E-state index in [0.717, 1.165) is 27.3 Å². The van der Waals surface area contributed by atoms with Gasteiger partial charge in [0.2, 0.25) is 0 Å². The predicted molar refractivity (Wildman–Crippen MR) is 151 cm³/mol. The number of hydrogen-bond donors (Lipinski definition) is 3. The van der Waals surface area contributed by atoms with Gasteiger partial charge >= 0.3 is 12.1 Å². The van der Waals surface area contributed by atoms with E-state index in [4.69, 9.17) is 9.47 Å². The van der Waals surface area contributed by atoms with Crippen LogP contribution in [0.3, 0.4) is 0 Å². The van der Waals surface area contributed by atoms with Crippen LogP contribution in [0.4, 0.5) is 4.79 Å². The summed E-state index contributed by atoms with van der Waals surface area (Å²) in [5, 5.41) is 9.58. The largest absolute Gasteiger partial charge is 0.487 e. The SMILES string of the molecule is Cc1c(C)c(S(=O)(=O)NNC=NCCC[C@@H](C(=O)O)N(C)C(=O)OCc2ccccc2)c(C)c2c1OC(C)(C)C2. The van der Waals surface area contributed by atoms with Crippen LogP contribution in [0.2, 0.25) is 0 Å². The third kappa shape index (κ3) is 7.30. The molecular weight excluding hydrogens is 536 g/mol. The smallest absolute Gasteiger partial charge is 0.410 e. The van der Waals surface area contributed by atoms with Crippen molar-refractivity contribution in [1.29, 1.82) is 0 Å². The summed E-state index contributed by atoms with van der Waals surface area (Å²) in [6.07, 6.45) is 1.57. The molecule has 2 aromatic carbocycles. The number of aliphatic imine (C=N–C) groups is 1. The van der Waals surface area contributed by atoms with Crippen LogP contribution in [0.5, 0.6) is 5.75 Å². The molecule has 0 bridgehead atoms. The number of amides is 1. The number of aliphatic carboxylic acids is 1. The topological polar surface area (TPSA) is 147 Å². The molecule has 3 rings (SSSR count). The Bertz CT molecular complexity index is 1380. The number of hydrazine groups is 1. The van der Waals surface area contributed by atoms with Crippen molar-refractivity contribution in [3.63, 3.8) is 0 Å². The number of hydrogen-bond acceptors (Lipinski definition) is 7. The molecular formula is C28H38N4O7S. The zero-order valence-corrected chi connectivity index (χ0v) is 24.6. The lowest BCUT2D eigenvalue weighted by Crippen LogP contribution is -2.42. The summed E-state index contributed by atoms with van der Waals surface area (Å²) in [6.45, 7) is 9.60. The molecule has 0 spiro atoms. The fraction of sp³-hybridized carbons (Fsp3) is 0.464. The predicted octanol–water partition coefficient (Wildman–Crippen LogP) is 3.64. The summed E-state index contributed by atoms with van der Waals surface area (Å²) in [5.74, 6) is -0.401. The first-order valence-corrected chi connectivity index (χ1v) is 14.5. The number of nitrogens with zero attached hydrogens (tertiary/aromatic N) is 2. The average Bonchev–Trinajstić information content (AvgIpc) is 3.23. The first-order valence-electron chi connectivity index (χ1n) is 13.0. The van der Waals surface area contributed by atoms with Crippen molar-refractivity contribution < 1.29 is 32.6 Å². The summed E-state index contributed by atoms with van der Waals surface area (Å²) in [5.41, 5.74) is 5.86. The number of sulfonamides is 1. The molecule has 0 aromatic heterocycles. The summed E-state index contributed by atoms with van der Waals surface area (Å²) < 4.78 is 37.5. The second-order valence-electron chi connectivity index (χ2n) is 10.5. The van der Waals surface area contributed by atoms with Crippen molar-refractivity contribution in [2.75, 3.05) is 13.6 Å². The van der Waals surface area contributed by atoms with Gasteiger partial charge in [0.25, 0.3) is 10.0 Å². The number of likely N-dealkylation sites (N-methyl/N-ethyl adjacent to an activating group) is 1. The molecule has 0 unspecified atom stereocenters. The van der Waals surface area contributed by atoms with Gasteiger partial charge in [-0.3, -0.25) is 15.3 Å². The molecule has 1 aliphatic rings. The van der Waals surface area contributed by atoms with Gasteiger partial charge in [0.05, 0.1) is 11.2 Å². The van der Waals surface area contributed by atoms with Crippen molar-refractivity contribution in [3.05, 3.63) is 58.1 Å². The number of benzene rings is 2. The zero-order chi connectivity index (χ0) is 29.7. The van der Waals surface area contributed by atoms with Crippen LogP contribution in [0, 0.1) is 20.8 Å². The number of fused-ring (bicyclic) bond motifs is 1. The van der Waals surface area contributed by atoms with Crippen LogP contribution < -0.4 is 15.0 Å². The number of carbonyl (C=O) groups excluding carboxylic acids is 1. The maximum Gasteiger partial charge on any atom is 0.410 e. The number of nitrogens with one attached hydrogen (secondary N) is 2. The highest BCUT2D eigenvalue weighted by atomic mass is 32.2. The Morgan fingerprint density at radius 2 is 1.85 bits per heavy atom. The van der Waals surface area contributed by atoms with E-state index in [1.165, 1.54) is 13.4 Å². The van der Waals surface area contributed by atoms with Gasteiger partial charge in [0.15, 0.2) is 0 Å². The third-order valence-electron chi connectivity index (χ3n) is 6.92. The molecule has 3 N–H and O–H groups in total. The maximum atomic E-state index is 13.1. The van der Waals surface area contributed by atoms with Crippen molar-refractivity contribution in [1.82, 2.24) is 15.2 Å². The lowest BCUT2D eigenvalue weighted by molar-refractivity contribution is -0.142. The van der Waals surface area contributed by atoms with Gasteiger partial charge in [-0.15, -0.1) is 4.83 Å².